The second-order valence-corrected chi connectivity index (χ2v) is 0.398. The zero-order valence-electron chi connectivity index (χ0n) is 2.49. The average molecular weight is 61.9 g/mol. The van der Waals surface area contributed by atoms with E-state index in [4.69, 9.17) is 0 Å². The van der Waals surface area contributed by atoms with Crippen LogP contribution in [-0.4, -0.2) is 14.4 Å². The Morgan fingerprint density at radius 3 is 2.25 bits per heavy atom. The van der Waals surface area contributed by atoms with Crippen molar-refractivity contribution in [1.29, 1.82) is 0 Å². The van der Waals surface area contributed by atoms with E-state index in [0.29, 0.717) is 0 Å². The van der Waals surface area contributed by atoms with Gasteiger partial charge in [-0.3, -0.25) is 0 Å². The van der Waals surface area contributed by atoms with E-state index in [2.05, 4.69) is 4.94 Å². The smallest absolute Gasteiger partial charge is 0.139 e. The first kappa shape index (κ1) is 3.95. The molecule has 24 valence electrons. The normalized spacial score (nSPS) is 7.25. The van der Waals surface area contributed by atoms with Crippen LogP contribution in [-0.2, 0) is 4.94 Å². The Hall–Kier alpha value is -0.0451. The van der Waals surface area contributed by atoms with Crippen LogP contribution in [0.5, 0.6) is 0 Å². The van der Waals surface area contributed by atoms with Crippen LogP contribution in [0, 0.1) is 0 Å². The third kappa shape index (κ3) is 1.95. The Bertz CT molecular complexity index is 10.0. The van der Waals surface area contributed by atoms with Gasteiger partial charge < -0.3 is 0 Å². The fourth-order valence-corrected chi connectivity index (χ4v) is 0. The Morgan fingerprint density at radius 2 is 2.25 bits per heavy atom. The standard InChI is InChI=1S/CH4BFO/c2-1-4-3/h1-2H2. The summed E-state index contributed by atoms with van der Waals surface area (Å²) in [6, 6.07) is 0. The highest BCUT2D eigenvalue weighted by molar-refractivity contribution is 6.08. The molecule has 0 aliphatic carbocycles. The van der Waals surface area contributed by atoms with Crippen molar-refractivity contribution in [2.75, 3.05) is 6.51 Å². The molecule has 0 bridgehead atoms. The minimum absolute atomic E-state index is 0.153. The molecule has 0 aliphatic heterocycles. The lowest BCUT2D eigenvalue weighted by atomic mass is 10.2. The highest BCUT2D eigenvalue weighted by atomic mass is 19.3. The van der Waals surface area contributed by atoms with E-state index in [9.17, 15) is 4.53 Å². The highest BCUT2D eigenvalue weighted by Gasteiger charge is 1.59. The molecule has 0 rings (SSSR count). The van der Waals surface area contributed by atoms with Gasteiger partial charge in [-0.1, -0.05) is 0 Å². The molecule has 0 radical (unpaired) electrons. The van der Waals surface area contributed by atoms with Crippen molar-refractivity contribution < 1.29 is 9.47 Å². The summed E-state index contributed by atoms with van der Waals surface area (Å²) in [7, 11) is 1.58. The van der Waals surface area contributed by atoms with E-state index in [0.717, 1.165) is 0 Å². The van der Waals surface area contributed by atoms with Gasteiger partial charge in [0.25, 0.3) is 0 Å². The summed E-state index contributed by atoms with van der Waals surface area (Å²) in [4.78, 5) is 3.04. The maximum Gasteiger partial charge on any atom is 0.139 e. The third-order valence-corrected chi connectivity index (χ3v) is 0.109. The monoisotopic (exact) mass is 62.0 g/mol. The van der Waals surface area contributed by atoms with Gasteiger partial charge in [0, 0.05) is 0 Å². The summed E-state index contributed by atoms with van der Waals surface area (Å²) in [5.41, 5.74) is 0. The summed E-state index contributed by atoms with van der Waals surface area (Å²) in [5.74, 6) is 0. The maximum atomic E-state index is 10.2. The first-order chi connectivity index (χ1) is 1.91. The second kappa shape index (κ2) is 2.95. The fraction of sp³-hybridized carbons (Fsp3) is 1.00. The van der Waals surface area contributed by atoms with Gasteiger partial charge in [0.1, 0.15) is 7.85 Å². The number of rotatable bonds is 1. The van der Waals surface area contributed by atoms with Gasteiger partial charge in [-0.2, -0.15) is 0 Å². The molecule has 0 aliphatic rings. The molecule has 3 heteroatoms. The predicted molar refractivity (Wildman–Crippen MR) is 15.6 cm³/mol. The molecule has 0 fully saturated rings. The van der Waals surface area contributed by atoms with Crippen LogP contribution < -0.4 is 0 Å². The van der Waals surface area contributed by atoms with Crippen molar-refractivity contribution in [2.45, 2.75) is 0 Å². The van der Waals surface area contributed by atoms with Crippen LogP contribution in [0.2, 0.25) is 0 Å². The van der Waals surface area contributed by atoms with Crippen LogP contribution in [0.1, 0.15) is 0 Å². The highest BCUT2D eigenvalue weighted by Crippen LogP contribution is 1.58. The molecule has 0 atom stereocenters. The summed E-state index contributed by atoms with van der Waals surface area (Å²) in [6.07, 6.45) is 0. The summed E-state index contributed by atoms with van der Waals surface area (Å²) >= 11 is 0. The SMILES string of the molecule is BCOF. The molecule has 1 nitrogen and oxygen atoms in total. The summed E-state index contributed by atoms with van der Waals surface area (Å²) in [5, 5.41) is 0. The van der Waals surface area contributed by atoms with Crippen LogP contribution in [0.4, 0.5) is 4.53 Å². The van der Waals surface area contributed by atoms with E-state index < -0.39 is 0 Å². The van der Waals surface area contributed by atoms with Crippen molar-refractivity contribution in [3.05, 3.63) is 0 Å². The Labute approximate surface area is 25.1 Å². The molecule has 4 heavy (non-hydrogen) atoms. The van der Waals surface area contributed by atoms with Crippen LogP contribution in [0.25, 0.3) is 0 Å². The van der Waals surface area contributed by atoms with Crippen LogP contribution in [0.3, 0.4) is 0 Å². The average Bonchev–Trinajstić information content (AvgIpc) is 1.37. The van der Waals surface area contributed by atoms with Gasteiger partial charge in [0.2, 0.25) is 0 Å². The van der Waals surface area contributed by atoms with E-state index in [1.807, 2.05) is 0 Å². The predicted octanol–water partition coefficient (Wildman–Crippen LogP) is -0.522. The molecule has 0 amide bonds. The molecular weight excluding hydrogens is 57.8 g/mol. The molecule has 0 N–H and O–H groups in total. The Kier molecular flexibility index (Phi) is 2.92. The summed E-state index contributed by atoms with van der Waals surface area (Å²) in [6.45, 7) is 0.153. The molecule has 0 spiro atoms. The number of hydrogen-bond donors (Lipinski definition) is 0. The molecule has 0 unspecified atom stereocenters. The first-order valence-corrected chi connectivity index (χ1v) is 1.15. The van der Waals surface area contributed by atoms with Crippen molar-refractivity contribution in [1.82, 2.24) is 0 Å². The van der Waals surface area contributed by atoms with Gasteiger partial charge in [-0.15, -0.1) is 0 Å². The molecule has 0 saturated heterocycles. The second-order valence-electron chi connectivity index (χ2n) is 0.398. The van der Waals surface area contributed by atoms with Gasteiger partial charge in [-0.05, 0) is 4.53 Å². The quantitative estimate of drug-likeness (QED) is 0.371. The zero-order chi connectivity index (χ0) is 3.41. The molecule has 0 aromatic heterocycles. The van der Waals surface area contributed by atoms with Gasteiger partial charge in [-0.25, -0.2) is 4.94 Å². The van der Waals surface area contributed by atoms with E-state index in [1.54, 1.807) is 7.85 Å². The lowest BCUT2D eigenvalue weighted by Gasteiger charge is -1.67. The van der Waals surface area contributed by atoms with Gasteiger partial charge >= 0.3 is 0 Å². The largest absolute Gasteiger partial charge is 0.204 e. The zero-order valence-corrected chi connectivity index (χ0v) is 2.49. The van der Waals surface area contributed by atoms with Crippen LogP contribution in [0.15, 0.2) is 0 Å². The van der Waals surface area contributed by atoms with E-state index in [-0.39, 0.29) is 6.51 Å². The minimum Gasteiger partial charge on any atom is -0.204 e. The Morgan fingerprint density at radius 1 is 2.00 bits per heavy atom. The van der Waals surface area contributed by atoms with Crippen molar-refractivity contribution in [3.63, 3.8) is 0 Å². The van der Waals surface area contributed by atoms with Crippen molar-refractivity contribution in [2.24, 2.45) is 0 Å². The third-order valence-electron chi connectivity index (χ3n) is 0.109. The minimum atomic E-state index is 0.153. The van der Waals surface area contributed by atoms with Gasteiger partial charge in [0.05, 0.1) is 6.51 Å². The van der Waals surface area contributed by atoms with Crippen LogP contribution >= 0.6 is 0 Å². The molecule has 0 saturated carbocycles. The number of halogens is 1. The van der Waals surface area contributed by atoms with E-state index in [1.165, 1.54) is 0 Å². The molecular formula is CH4BFO. The fourth-order valence-electron chi connectivity index (χ4n) is 0. The molecule has 0 aromatic rings. The first-order valence-electron chi connectivity index (χ1n) is 1.15. The van der Waals surface area contributed by atoms with Crippen molar-refractivity contribution in [3.8, 4) is 0 Å². The van der Waals surface area contributed by atoms with Crippen molar-refractivity contribution >= 4 is 7.85 Å². The maximum absolute atomic E-state index is 10.2. The molecule has 0 heterocycles. The number of hydrogen-bond acceptors (Lipinski definition) is 1. The Balaban J connectivity index is 1.97. The topological polar surface area (TPSA) is 9.23 Å². The molecule has 0 aromatic carbocycles. The summed E-state index contributed by atoms with van der Waals surface area (Å²) < 4.78 is 10.2. The lowest BCUT2D eigenvalue weighted by Crippen LogP contribution is -1.75. The van der Waals surface area contributed by atoms with E-state index >= 15 is 0 Å². The van der Waals surface area contributed by atoms with Gasteiger partial charge in [0.15, 0.2) is 0 Å². The lowest BCUT2D eigenvalue weighted by molar-refractivity contribution is -0.108.